The molecular formula is C23H27N3O7S. The molecule has 0 saturated heterocycles. The van der Waals surface area contributed by atoms with Crippen LogP contribution in [0.15, 0.2) is 48.5 Å². The van der Waals surface area contributed by atoms with Gasteiger partial charge in [-0.05, 0) is 67.2 Å². The lowest BCUT2D eigenvalue weighted by molar-refractivity contribution is -0.123. The van der Waals surface area contributed by atoms with Crippen LogP contribution in [0.5, 0.6) is 11.5 Å². The molecule has 0 aromatic heterocycles. The van der Waals surface area contributed by atoms with Gasteiger partial charge >= 0.3 is 5.97 Å². The quantitative estimate of drug-likeness (QED) is 0.188. The number of benzene rings is 2. The zero-order valence-electron chi connectivity index (χ0n) is 18.9. The van der Waals surface area contributed by atoms with Crippen LogP contribution in [-0.4, -0.2) is 56.4 Å². The molecule has 11 heteroatoms. The van der Waals surface area contributed by atoms with Gasteiger partial charge in [0.05, 0.1) is 18.8 Å². The van der Waals surface area contributed by atoms with Crippen LogP contribution in [0.4, 0.5) is 0 Å². The number of nitrogens with one attached hydrogen (secondary N) is 3. The molecule has 2 aromatic carbocycles. The SMILES string of the molecule is CCCOC(=O)c1ccc(OCC(=O)NNC(=S)NC(=O)c2ccc(OCCOC)cc2)cc1. The summed E-state index contributed by atoms with van der Waals surface area (Å²) in [4.78, 5) is 36.0. The minimum Gasteiger partial charge on any atom is -0.491 e. The Hall–Kier alpha value is -3.70. The van der Waals surface area contributed by atoms with Gasteiger partial charge < -0.3 is 18.9 Å². The molecule has 0 unspecified atom stereocenters. The van der Waals surface area contributed by atoms with Gasteiger partial charge in [0.2, 0.25) is 0 Å². The molecule has 0 heterocycles. The van der Waals surface area contributed by atoms with E-state index in [1.165, 1.54) is 0 Å². The Labute approximate surface area is 202 Å². The van der Waals surface area contributed by atoms with E-state index in [2.05, 4.69) is 16.2 Å². The first-order valence-corrected chi connectivity index (χ1v) is 10.9. The molecule has 2 aromatic rings. The normalized spacial score (nSPS) is 10.1. The van der Waals surface area contributed by atoms with Gasteiger partial charge in [-0.2, -0.15) is 0 Å². The second-order valence-corrected chi connectivity index (χ2v) is 7.18. The molecule has 0 spiro atoms. The minimum atomic E-state index is -0.527. The largest absolute Gasteiger partial charge is 0.491 e. The highest BCUT2D eigenvalue weighted by atomic mass is 32.1. The molecule has 0 bridgehead atoms. The Morgan fingerprint density at radius 3 is 2.06 bits per heavy atom. The summed E-state index contributed by atoms with van der Waals surface area (Å²) in [6.45, 7) is 2.81. The average molecular weight is 490 g/mol. The van der Waals surface area contributed by atoms with Crippen molar-refractivity contribution < 1.29 is 33.3 Å². The minimum absolute atomic E-state index is 0.0892. The van der Waals surface area contributed by atoms with Crippen molar-refractivity contribution >= 4 is 35.1 Å². The molecule has 10 nitrogen and oxygen atoms in total. The lowest BCUT2D eigenvalue weighted by atomic mass is 10.2. The Morgan fingerprint density at radius 2 is 1.44 bits per heavy atom. The van der Waals surface area contributed by atoms with Gasteiger partial charge in [-0.15, -0.1) is 0 Å². The van der Waals surface area contributed by atoms with Crippen molar-refractivity contribution in [2.45, 2.75) is 13.3 Å². The lowest BCUT2D eigenvalue weighted by Crippen LogP contribution is -2.49. The summed E-state index contributed by atoms with van der Waals surface area (Å²) in [5.74, 6) is -0.401. The van der Waals surface area contributed by atoms with Gasteiger partial charge in [0.25, 0.3) is 11.8 Å². The van der Waals surface area contributed by atoms with E-state index in [-0.39, 0.29) is 11.7 Å². The first-order chi connectivity index (χ1) is 16.4. The summed E-state index contributed by atoms with van der Waals surface area (Å²) in [5.41, 5.74) is 5.50. The zero-order valence-corrected chi connectivity index (χ0v) is 19.7. The Bertz CT molecular complexity index is 966. The van der Waals surface area contributed by atoms with Crippen LogP contribution >= 0.6 is 12.2 Å². The number of thiocarbonyl (C=S) groups is 1. The number of amides is 2. The number of rotatable bonds is 11. The number of ether oxygens (including phenoxy) is 4. The molecule has 182 valence electrons. The monoisotopic (exact) mass is 489 g/mol. The van der Waals surface area contributed by atoms with Gasteiger partial charge in [0.15, 0.2) is 11.7 Å². The zero-order chi connectivity index (χ0) is 24.8. The van der Waals surface area contributed by atoms with Crippen molar-refractivity contribution in [3.8, 4) is 11.5 Å². The van der Waals surface area contributed by atoms with E-state index in [9.17, 15) is 14.4 Å². The number of hydrazine groups is 1. The summed E-state index contributed by atoms with van der Waals surface area (Å²) < 4.78 is 20.7. The molecule has 0 aliphatic rings. The van der Waals surface area contributed by atoms with Crippen LogP contribution in [0.2, 0.25) is 0 Å². The number of carbonyl (C=O) groups excluding carboxylic acids is 3. The van der Waals surface area contributed by atoms with Gasteiger partial charge in [0, 0.05) is 12.7 Å². The second-order valence-electron chi connectivity index (χ2n) is 6.77. The number of hydrogen-bond acceptors (Lipinski definition) is 8. The van der Waals surface area contributed by atoms with Crippen LogP contribution in [-0.2, 0) is 14.3 Å². The third kappa shape index (κ3) is 9.43. The summed E-state index contributed by atoms with van der Waals surface area (Å²) in [5, 5.41) is 2.36. The molecule has 0 radical (unpaired) electrons. The van der Waals surface area contributed by atoms with Crippen molar-refractivity contribution in [2.24, 2.45) is 0 Å². The fourth-order valence-corrected chi connectivity index (χ4v) is 2.57. The Kier molecular flexibility index (Phi) is 11.3. The van der Waals surface area contributed by atoms with Crippen molar-refractivity contribution in [2.75, 3.05) is 33.5 Å². The molecular weight excluding hydrogens is 462 g/mol. The maximum Gasteiger partial charge on any atom is 0.338 e. The van der Waals surface area contributed by atoms with E-state index in [0.29, 0.717) is 42.4 Å². The fraction of sp³-hybridized carbons (Fsp3) is 0.304. The molecule has 0 fully saturated rings. The summed E-state index contributed by atoms with van der Waals surface area (Å²) in [7, 11) is 1.58. The van der Waals surface area contributed by atoms with Gasteiger partial charge in [0.1, 0.15) is 18.1 Å². The molecule has 2 rings (SSSR count). The molecule has 3 N–H and O–H groups in total. The third-order valence-corrected chi connectivity index (χ3v) is 4.32. The maximum atomic E-state index is 12.2. The van der Waals surface area contributed by atoms with Crippen LogP contribution < -0.4 is 25.6 Å². The third-order valence-electron chi connectivity index (χ3n) is 4.11. The summed E-state index contributed by atoms with van der Waals surface area (Å²) in [6.07, 6.45) is 0.738. The molecule has 0 aliphatic heterocycles. The van der Waals surface area contributed by atoms with E-state index in [1.807, 2.05) is 6.92 Å². The molecule has 0 saturated carbocycles. The second kappa shape index (κ2) is 14.4. The first-order valence-electron chi connectivity index (χ1n) is 10.4. The Morgan fingerprint density at radius 1 is 0.824 bits per heavy atom. The number of esters is 1. The predicted octanol–water partition coefficient (Wildman–Crippen LogP) is 1.99. The van der Waals surface area contributed by atoms with Crippen molar-refractivity contribution in [1.29, 1.82) is 0 Å². The number of carbonyl (C=O) groups is 3. The van der Waals surface area contributed by atoms with Crippen molar-refractivity contribution in [3.63, 3.8) is 0 Å². The Balaban J connectivity index is 1.70. The van der Waals surface area contributed by atoms with E-state index in [1.54, 1.807) is 55.6 Å². The van der Waals surface area contributed by atoms with Crippen LogP contribution in [0, 0.1) is 0 Å². The highest BCUT2D eigenvalue weighted by Crippen LogP contribution is 2.13. The van der Waals surface area contributed by atoms with Crippen molar-refractivity contribution in [3.05, 3.63) is 59.7 Å². The van der Waals surface area contributed by atoms with Crippen molar-refractivity contribution in [1.82, 2.24) is 16.2 Å². The summed E-state index contributed by atoms with van der Waals surface area (Å²) >= 11 is 5.01. The van der Waals surface area contributed by atoms with Gasteiger partial charge in [-0.25, -0.2) is 4.79 Å². The summed E-state index contributed by atoms with van der Waals surface area (Å²) in [6, 6.07) is 12.7. The van der Waals surface area contributed by atoms with E-state index in [4.69, 9.17) is 31.2 Å². The molecule has 34 heavy (non-hydrogen) atoms. The van der Waals surface area contributed by atoms with Crippen LogP contribution in [0.25, 0.3) is 0 Å². The number of hydrogen-bond donors (Lipinski definition) is 3. The van der Waals surface area contributed by atoms with E-state index >= 15 is 0 Å². The van der Waals surface area contributed by atoms with Gasteiger partial charge in [-0.3, -0.25) is 25.8 Å². The highest BCUT2D eigenvalue weighted by molar-refractivity contribution is 7.80. The molecule has 0 atom stereocenters. The van der Waals surface area contributed by atoms with E-state index < -0.39 is 17.8 Å². The maximum absolute atomic E-state index is 12.2. The standard InChI is InChI=1S/C23H27N3O7S/c1-3-12-32-22(29)17-6-10-19(11-7-17)33-15-20(27)25-26-23(34)24-21(28)16-4-8-18(9-5-16)31-14-13-30-2/h4-11H,3,12-15H2,1-2H3,(H,25,27)(H2,24,26,28,34). The number of methoxy groups -OCH3 is 1. The van der Waals surface area contributed by atoms with Gasteiger partial charge in [-0.1, -0.05) is 6.92 Å². The molecule has 0 aliphatic carbocycles. The predicted molar refractivity (Wildman–Crippen MR) is 128 cm³/mol. The van der Waals surface area contributed by atoms with Crippen LogP contribution in [0.1, 0.15) is 34.1 Å². The molecule has 2 amide bonds. The van der Waals surface area contributed by atoms with E-state index in [0.717, 1.165) is 6.42 Å². The first kappa shape index (κ1) is 26.6. The smallest absolute Gasteiger partial charge is 0.338 e. The topological polar surface area (TPSA) is 124 Å². The average Bonchev–Trinajstić information content (AvgIpc) is 2.85. The lowest BCUT2D eigenvalue weighted by Gasteiger charge is -2.12. The van der Waals surface area contributed by atoms with Crippen LogP contribution in [0.3, 0.4) is 0 Å². The highest BCUT2D eigenvalue weighted by Gasteiger charge is 2.10. The fourth-order valence-electron chi connectivity index (χ4n) is 2.43.